The lowest BCUT2D eigenvalue weighted by Crippen LogP contribution is -3.12. The normalized spacial score (nSPS) is 30.0. The van der Waals surface area contributed by atoms with Gasteiger partial charge in [-0.2, -0.15) is 0 Å². The fourth-order valence-electron chi connectivity index (χ4n) is 3.15. The van der Waals surface area contributed by atoms with Gasteiger partial charge in [-0.1, -0.05) is 0 Å². The maximum Gasteiger partial charge on any atom is 0.0913 e. The van der Waals surface area contributed by atoms with Crippen LogP contribution in [-0.2, 0) is 0 Å². The second-order valence-corrected chi connectivity index (χ2v) is 5.48. The van der Waals surface area contributed by atoms with Gasteiger partial charge in [0.05, 0.1) is 32.2 Å². The third kappa shape index (κ3) is 4.12. The zero-order valence-corrected chi connectivity index (χ0v) is 10.1. The lowest BCUT2D eigenvalue weighted by molar-refractivity contribution is -0.901. The van der Waals surface area contributed by atoms with Crippen LogP contribution in [0.15, 0.2) is 0 Å². The van der Waals surface area contributed by atoms with E-state index >= 15 is 0 Å². The Balaban J connectivity index is 1.62. The van der Waals surface area contributed by atoms with Gasteiger partial charge in [0.15, 0.2) is 0 Å². The van der Waals surface area contributed by atoms with Crippen molar-refractivity contribution in [3.8, 4) is 0 Å². The summed E-state index contributed by atoms with van der Waals surface area (Å²) in [6, 6.07) is 0.967. The van der Waals surface area contributed by atoms with Crippen molar-refractivity contribution in [1.82, 2.24) is 0 Å². The highest BCUT2D eigenvalue weighted by molar-refractivity contribution is 4.58. The Morgan fingerprint density at radius 2 is 1.73 bits per heavy atom. The van der Waals surface area contributed by atoms with Crippen molar-refractivity contribution in [1.29, 1.82) is 0 Å². The number of quaternary nitrogens is 2. The van der Waals surface area contributed by atoms with Crippen LogP contribution in [0, 0.1) is 0 Å². The summed E-state index contributed by atoms with van der Waals surface area (Å²) >= 11 is 0. The molecule has 2 aliphatic rings. The highest BCUT2D eigenvalue weighted by Gasteiger charge is 2.19. The summed E-state index contributed by atoms with van der Waals surface area (Å²) in [6.07, 6.45) is 11.8. The Hall–Kier alpha value is -0.0800. The zero-order chi connectivity index (χ0) is 10.3. The van der Waals surface area contributed by atoms with E-state index in [1.165, 1.54) is 77.5 Å². The number of rotatable bonds is 3. The van der Waals surface area contributed by atoms with Crippen molar-refractivity contribution in [3.05, 3.63) is 0 Å². The minimum atomic E-state index is 0.967. The van der Waals surface area contributed by atoms with Crippen molar-refractivity contribution in [2.24, 2.45) is 0 Å². The van der Waals surface area contributed by atoms with Crippen LogP contribution in [0.3, 0.4) is 0 Å². The largest absolute Gasteiger partial charge is 0.344 e. The van der Waals surface area contributed by atoms with Crippen LogP contribution in [-0.4, -0.2) is 32.2 Å². The maximum atomic E-state index is 2.60. The highest BCUT2D eigenvalue weighted by Crippen LogP contribution is 2.04. The topological polar surface area (TPSA) is 21.1 Å². The van der Waals surface area contributed by atoms with E-state index in [9.17, 15) is 0 Å². The number of likely N-dealkylation sites (tertiary alicyclic amines) is 1. The molecule has 2 saturated heterocycles. The van der Waals surface area contributed by atoms with Gasteiger partial charge in [0.2, 0.25) is 0 Å². The molecule has 0 aliphatic carbocycles. The van der Waals surface area contributed by atoms with E-state index in [1.54, 1.807) is 0 Å². The number of nitrogens with two attached hydrogens (primary N) is 1. The Kier molecular flexibility index (Phi) is 4.94. The molecule has 2 rings (SSSR count). The molecular formula is C13H28N2+2. The molecule has 0 saturated carbocycles. The third-order valence-electron chi connectivity index (χ3n) is 4.21. The standard InChI is InChI=1S/C13H26N2/c1-2-6-11-15(10-5-1)12-8-13-7-3-4-9-14-13/h13-14H,1-12H2/p+2/t13-/m1/s1. The SMILES string of the molecule is C1CCC[NH+](CC[C@H]2CCCC[NH2+]2)CC1. The first-order valence-corrected chi connectivity index (χ1v) is 7.12. The van der Waals surface area contributed by atoms with Gasteiger partial charge in [0.1, 0.15) is 0 Å². The van der Waals surface area contributed by atoms with Gasteiger partial charge in [-0.25, -0.2) is 0 Å². The van der Waals surface area contributed by atoms with Crippen molar-refractivity contribution in [2.45, 2.75) is 57.4 Å². The van der Waals surface area contributed by atoms with Gasteiger partial charge < -0.3 is 10.2 Å². The predicted molar refractivity (Wildman–Crippen MR) is 63.1 cm³/mol. The van der Waals surface area contributed by atoms with Crippen molar-refractivity contribution in [2.75, 3.05) is 26.2 Å². The Morgan fingerprint density at radius 1 is 0.933 bits per heavy atom. The van der Waals surface area contributed by atoms with Crippen LogP contribution in [0.4, 0.5) is 0 Å². The molecule has 2 fully saturated rings. The van der Waals surface area contributed by atoms with Crippen LogP contribution in [0.5, 0.6) is 0 Å². The summed E-state index contributed by atoms with van der Waals surface area (Å²) in [5.74, 6) is 0. The monoisotopic (exact) mass is 212 g/mol. The average Bonchev–Trinajstić information content (AvgIpc) is 2.56. The molecule has 0 spiro atoms. The van der Waals surface area contributed by atoms with E-state index in [1.807, 2.05) is 4.90 Å². The van der Waals surface area contributed by atoms with Crippen LogP contribution < -0.4 is 10.2 Å². The minimum absolute atomic E-state index is 0.967. The molecule has 3 N–H and O–H groups in total. The molecule has 0 unspecified atom stereocenters. The smallest absolute Gasteiger partial charge is 0.0913 e. The van der Waals surface area contributed by atoms with E-state index < -0.39 is 0 Å². The molecule has 2 aliphatic heterocycles. The Labute approximate surface area is 94.4 Å². The van der Waals surface area contributed by atoms with E-state index in [2.05, 4.69) is 5.32 Å². The van der Waals surface area contributed by atoms with E-state index in [4.69, 9.17) is 0 Å². The lowest BCUT2D eigenvalue weighted by atomic mass is 10.0. The van der Waals surface area contributed by atoms with Gasteiger partial charge >= 0.3 is 0 Å². The molecule has 88 valence electrons. The first-order valence-electron chi connectivity index (χ1n) is 7.12. The molecule has 1 atom stereocenters. The summed E-state index contributed by atoms with van der Waals surface area (Å²) < 4.78 is 0. The van der Waals surface area contributed by atoms with E-state index in [0.29, 0.717) is 0 Å². The van der Waals surface area contributed by atoms with E-state index in [0.717, 1.165) is 6.04 Å². The molecule has 15 heavy (non-hydrogen) atoms. The maximum absolute atomic E-state index is 2.60. The number of hydrogen-bond acceptors (Lipinski definition) is 0. The summed E-state index contributed by atoms with van der Waals surface area (Å²) in [5, 5.41) is 2.60. The summed E-state index contributed by atoms with van der Waals surface area (Å²) in [5.41, 5.74) is 0. The fraction of sp³-hybridized carbons (Fsp3) is 1.00. The van der Waals surface area contributed by atoms with Crippen LogP contribution >= 0.6 is 0 Å². The molecule has 2 nitrogen and oxygen atoms in total. The van der Waals surface area contributed by atoms with Crippen LogP contribution in [0.2, 0.25) is 0 Å². The predicted octanol–water partition coefficient (Wildman–Crippen LogP) is -0.0487. The Morgan fingerprint density at radius 3 is 2.40 bits per heavy atom. The molecule has 2 heterocycles. The lowest BCUT2D eigenvalue weighted by Gasteiger charge is -2.23. The van der Waals surface area contributed by atoms with E-state index in [-0.39, 0.29) is 0 Å². The van der Waals surface area contributed by atoms with Crippen molar-refractivity contribution >= 4 is 0 Å². The molecule has 0 amide bonds. The molecular weight excluding hydrogens is 184 g/mol. The summed E-state index contributed by atoms with van der Waals surface area (Å²) in [7, 11) is 0. The van der Waals surface area contributed by atoms with Gasteiger partial charge in [-0.05, 0) is 44.9 Å². The second kappa shape index (κ2) is 6.49. The molecule has 2 heteroatoms. The van der Waals surface area contributed by atoms with Crippen molar-refractivity contribution < 1.29 is 10.2 Å². The molecule has 0 aromatic carbocycles. The quantitative estimate of drug-likeness (QED) is 0.655. The van der Waals surface area contributed by atoms with Gasteiger partial charge in [0.25, 0.3) is 0 Å². The van der Waals surface area contributed by atoms with Crippen molar-refractivity contribution in [3.63, 3.8) is 0 Å². The Bertz CT molecular complexity index is 156. The van der Waals surface area contributed by atoms with Gasteiger partial charge in [-0.15, -0.1) is 0 Å². The third-order valence-corrected chi connectivity index (χ3v) is 4.21. The average molecular weight is 212 g/mol. The molecule has 0 radical (unpaired) electrons. The number of hydrogen-bond donors (Lipinski definition) is 2. The summed E-state index contributed by atoms with van der Waals surface area (Å²) in [4.78, 5) is 1.89. The first-order chi connectivity index (χ1) is 7.45. The molecule has 0 aromatic heterocycles. The molecule has 0 aromatic rings. The number of piperidine rings is 1. The zero-order valence-electron chi connectivity index (χ0n) is 10.1. The van der Waals surface area contributed by atoms with Crippen LogP contribution in [0.1, 0.15) is 51.4 Å². The van der Waals surface area contributed by atoms with Gasteiger partial charge in [0, 0.05) is 6.42 Å². The minimum Gasteiger partial charge on any atom is -0.344 e. The van der Waals surface area contributed by atoms with Crippen LogP contribution in [0.25, 0.3) is 0 Å². The number of nitrogens with one attached hydrogen (secondary N) is 1. The molecule has 0 bridgehead atoms. The fourth-order valence-corrected chi connectivity index (χ4v) is 3.15. The second-order valence-electron chi connectivity index (χ2n) is 5.48. The summed E-state index contributed by atoms with van der Waals surface area (Å²) in [6.45, 7) is 5.74. The first kappa shape index (κ1) is 11.4. The highest BCUT2D eigenvalue weighted by atomic mass is 15.1. The van der Waals surface area contributed by atoms with Gasteiger partial charge in [-0.3, -0.25) is 0 Å².